The molecule has 1 amide bonds. The Morgan fingerprint density at radius 1 is 1.50 bits per heavy atom. The lowest BCUT2D eigenvalue weighted by Gasteiger charge is -2.37. The number of amides is 1. The molecule has 1 heterocycles. The summed E-state index contributed by atoms with van der Waals surface area (Å²) in [5, 5.41) is 12.2. The summed E-state index contributed by atoms with van der Waals surface area (Å²) in [4.78, 5) is 12.6. The Labute approximate surface area is 91.1 Å². The molecular weight excluding hydrogens is 204 g/mol. The van der Waals surface area contributed by atoms with Crippen LogP contribution in [0.4, 0.5) is 4.79 Å². The molecule has 0 aliphatic carbocycles. The van der Waals surface area contributed by atoms with Gasteiger partial charge in [0.25, 0.3) is 0 Å². The second kappa shape index (κ2) is 4.84. The molecule has 84 valence electrons. The average molecular weight is 223 g/mol. The minimum absolute atomic E-state index is 0. The van der Waals surface area contributed by atoms with E-state index in [1.807, 2.05) is 20.8 Å². The lowest BCUT2D eigenvalue weighted by atomic mass is 10.0. The first kappa shape index (κ1) is 13.5. The number of rotatable bonds is 1. The third-order valence-corrected chi connectivity index (χ3v) is 2.33. The van der Waals surface area contributed by atoms with Crippen LogP contribution in [-0.2, 0) is 0 Å². The van der Waals surface area contributed by atoms with Gasteiger partial charge < -0.3 is 10.4 Å². The average Bonchev–Trinajstić information content (AvgIpc) is 2.34. The topological polar surface area (TPSA) is 52.6 Å². The Bertz CT molecular complexity index is 197. The Morgan fingerprint density at radius 3 is 2.36 bits per heavy atom. The van der Waals surface area contributed by atoms with Gasteiger partial charge in [-0.2, -0.15) is 0 Å². The number of nitrogens with zero attached hydrogens (tertiary/aromatic N) is 1. The van der Waals surface area contributed by atoms with Gasteiger partial charge >= 0.3 is 6.09 Å². The number of halogens is 1. The van der Waals surface area contributed by atoms with Gasteiger partial charge in [0.1, 0.15) is 0 Å². The molecule has 5 heteroatoms. The Balaban J connectivity index is 0.00000169. The molecule has 0 spiro atoms. The van der Waals surface area contributed by atoms with E-state index < -0.39 is 6.09 Å². The largest absolute Gasteiger partial charge is 0.465 e. The molecule has 14 heavy (non-hydrogen) atoms. The second-order valence-corrected chi connectivity index (χ2v) is 4.47. The van der Waals surface area contributed by atoms with E-state index in [0.717, 1.165) is 19.5 Å². The SMILES string of the molecule is CC(C)(C)N(C(=O)O)[C@@H]1CCNC1.Cl. The summed E-state index contributed by atoms with van der Waals surface area (Å²) in [7, 11) is 0. The van der Waals surface area contributed by atoms with Gasteiger partial charge in [-0.05, 0) is 33.7 Å². The van der Waals surface area contributed by atoms with Crippen molar-refractivity contribution < 1.29 is 9.90 Å². The van der Waals surface area contributed by atoms with Crippen LogP contribution in [0.3, 0.4) is 0 Å². The van der Waals surface area contributed by atoms with Crippen molar-refractivity contribution in [2.45, 2.75) is 38.8 Å². The van der Waals surface area contributed by atoms with Crippen molar-refractivity contribution in [1.82, 2.24) is 10.2 Å². The van der Waals surface area contributed by atoms with E-state index in [1.165, 1.54) is 0 Å². The fraction of sp³-hybridized carbons (Fsp3) is 0.889. The lowest BCUT2D eigenvalue weighted by molar-refractivity contribution is 0.0758. The quantitative estimate of drug-likeness (QED) is 0.708. The van der Waals surface area contributed by atoms with Crippen LogP contribution in [0.2, 0.25) is 0 Å². The molecule has 1 saturated heterocycles. The standard InChI is InChI=1S/C9H18N2O2.ClH/c1-9(2,3)11(8(12)13)7-4-5-10-6-7;/h7,10H,4-6H2,1-3H3,(H,12,13);1H/t7-;/m1./s1. The molecule has 1 aliphatic heterocycles. The minimum Gasteiger partial charge on any atom is -0.465 e. The summed E-state index contributed by atoms with van der Waals surface area (Å²) in [6, 6.07) is 0.137. The monoisotopic (exact) mass is 222 g/mol. The Kier molecular flexibility index (Phi) is 4.68. The van der Waals surface area contributed by atoms with Gasteiger partial charge in [0.05, 0.1) is 0 Å². The second-order valence-electron chi connectivity index (χ2n) is 4.47. The summed E-state index contributed by atoms with van der Waals surface area (Å²) >= 11 is 0. The zero-order valence-corrected chi connectivity index (χ0v) is 9.73. The third-order valence-electron chi connectivity index (χ3n) is 2.33. The number of hydrogen-bond acceptors (Lipinski definition) is 2. The van der Waals surface area contributed by atoms with Gasteiger partial charge in [-0.1, -0.05) is 0 Å². The first-order valence-corrected chi connectivity index (χ1v) is 4.66. The summed E-state index contributed by atoms with van der Waals surface area (Å²) < 4.78 is 0. The van der Waals surface area contributed by atoms with Crippen LogP contribution >= 0.6 is 12.4 Å². The molecule has 0 aromatic rings. The van der Waals surface area contributed by atoms with Crippen molar-refractivity contribution in [2.75, 3.05) is 13.1 Å². The van der Waals surface area contributed by atoms with Gasteiger partial charge in [0, 0.05) is 18.1 Å². The van der Waals surface area contributed by atoms with Crippen LogP contribution in [0, 0.1) is 0 Å². The highest BCUT2D eigenvalue weighted by Gasteiger charge is 2.34. The van der Waals surface area contributed by atoms with Crippen LogP contribution in [0.15, 0.2) is 0 Å². The van der Waals surface area contributed by atoms with E-state index in [4.69, 9.17) is 5.11 Å². The molecule has 0 saturated carbocycles. The lowest BCUT2D eigenvalue weighted by Crippen LogP contribution is -2.51. The fourth-order valence-corrected chi connectivity index (χ4v) is 1.85. The highest BCUT2D eigenvalue weighted by Crippen LogP contribution is 2.20. The first-order chi connectivity index (χ1) is 5.93. The molecular formula is C9H19ClN2O2. The first-order valence-electron chi connectivity index (χ1n) is 4.66. The van der Waals surface area contributed by atoms with Crippen molar-refractivity contribution in [3.8, 4) is 0 Å². The molecule has 2 N–H and O–H groups in total. The maximum atomic E-state index is 11.0. The van der Waals surface area contributed by atoms with Crippen LogP contribution in [-0.4, -0.2) is 40.8 Å². The number of carbonyl (C=O) groups is 1. The van der Waals surface area contributed by atoms with E-state index in [-0.39, 0.29) is 24.0 Å². The highest BCUT2D eigenvalue weighted by atomic mass is 35.5. The van der Waals surface area contributed by atoms with Crippen molar-refractivity contribution in [1.29, 1.82) is 0 Å². The van der Waals surface area contributed by atoms with Gasteiger partial charge in [-0.25, -0.2) is 4.79 Å². The maximum absolute atomic E-state index is 11.0. The molecule has 0 aromatic carbocycles. The van der Waals surface area contributed by atoms with Crippen LogP contribution in [0.5, 0.6) is 0 Å². The van der Waals surface area contributed by atoms with Crippen molar-refractivity contribution in [3.05, 3.63) is 0 Å². The van der Waals surface area contributed by atoms with Crippen LogP contribution in [0.25, 0.3) is 0 Å². The van der Waals surface area contributed by atoms with Crippen molar-refractivity contribution in [3.63, 3.8) is 0 Å². The fourth-order valence-electron chi connectivity index (χ4n) is 1.85. The zero-order chi connectivity index (χ0) is 10.1. The van der Waals surface area contributed by atoms with Crippen LogP contribution < -0.4 is 5.32 Å². The van der Waals surface area contributed by atoms with Crippen LogP contribution in [0.1, 0.15) is 27.2 Å². The van der Waals surface area contributed by atoms with E-state index >= 15 is 0 Å². The smallest absolute Gasteiger partial charge is 0.408 e. The third kappa shape index (κ3) is 3.03. The van der Waals surface area contributed by atoms with Gasteiger partial charge in [-0.15, -0.1) is 12.4 Å². The normalized spacial score (nSPS) is 21.5. The highest BCUT2D eigenvalue weighted by molar-refractivity contribution is 5.85. The van der Waals surface area contributed by atoms with Gasteiger partial charge in [-0.3, -0.25) is 4.90 Å². The molecule has 1 fully saturated rings. The summed E-state index contributed by atoms with van der Waals surface area (Å²) in [6.45, 7) is 7.49. The minimum atomic E-state index is -0.818. The molecule has 4 nitrogen and oxygen atoms in total. The van der Waals surface area contributed by atoms with Crippen molar-refractivity contribution >= 4 is 18.5 Å². The molecule has 1 aliphatic rings. The van der Waals surface area contributed by atoms with Crippen molar-refractivity contribution in [2.24, 2.45) is 0 Å². The van der Waals surface area contributed by atoms with Gasteiger partial charge in [0.15, 0.2) is 0 Å². The predicted octanol–water partition coefficient (Wildman–Crippen LogP) is 1.55. The van der Waals surface area contributed by atoms with Gasteiger partial charge in [0.2, 0.25) is 0 Å². The summed E-state index contributed by atoms with van der Waals surface area (Å²) in [5.41, 5.74) is -0.303. The summed E-state index contributed by atoms with van der Waals surface area (Å²) in [5.74, 6) is 0. The Morgan fingerprint density at radius 2 is 2.07 bits per heavy atom. The summed E-state index contributed by atoms with van der Waals surface area (Å²) in [6.07, 6.45) is 0.102. The number of carboxylic acid groups (broad SMARTS) is 1. The molecule has 1 rings (SSSR count). The molecule has 0 radical (unpaired) electrons. The molecule has 0 aromatic heterocycles. The number of nitrogens with one attached hydrogen (secondary N) is 1. The molecule has 1 atom stereocenters. The van der Waals surface area contributed by atoms with E-state index in [1.54, 1.807) is 4.90 Å². The molecule has 0 unspecified atom stereocenters. The molecule has 0 bridgehead atoms. The predicted molar refractivity (Wildman–Crippen MR) is 58.1 cm³/mol. The Hall–Kier alpha value is -0.480. The van der Waals surface area contributed by atoms with E-state index in [9.17, 15) is 4.79 Å². The van der Waals surface area contributed by atoms with E-state index in [2.05, 4.69) is 5.32 Å². The van der Waals surface area contributed by atoms with E-state index in [0.29, 0.717) is 0 Å². The maximum Gasteiger partial charge on any atom is 0.408 e. The number of hydrogen-bond donors (Lipinski definition) is 2. The zero-order valence-electron chi connectivity index (χ0n) is 8.91.